The van der Waals surface area contributed by atoms with Crippen molar-refractivity contribution < 1.29 is 4.74 Å². The number of nitrogens with zero attached hydrogens (tertiary/aromatic N) is 4. The van der Waals surface area contributed by atoms with E-state index in [1.165, 1.54) is 6.42 Å². The third kappa shape index (κ3) is 4.98. The first-order chi connectivity index (χ1) is 10.2. The van der Waals surface area contributed by atoms with Crippen LogP contribution >= 0.6 is 0 Å². The SMILES string of the molecule is CC(C)CCCNc1nc(NN)nc(N2CCOCC2)n1. The second-order valence-electron chi connectivity index (χ2n) is 5.49. The van der Waals surface area contributed by atoms with Crippen molar-refractivity contribution in [2.24, 2.45) is 11.8 Å². The van der Waals surface area contributed by atoms with Crippen LogP contribution in [0.3, 0.4) is 0 Å². The van der Waals surface area contributed by atoms with E-state index in [-0.39, 0.29) is 0 Å². The molecule has 1 aromatic heterocycles. The molecule has 0 aliphatic carbocycles. The van der Waals surface area contributed by atoms with Crippen LogP contribution in [0.2, 0.25) is 0 Å². The van der Waals surface area contributed by atoms with E-state index in [9.17, 15) is 0 Å². The van der Waals surface area contributed by atoms with Gasteiger partial charge in [0.25, 0.3) is 0 Å². The molecule has 0 aromatic carbocycles. The predicted molar refractivity (Wildman–Crippen MR) is 83.2 cm³/mol. The molecule has 2 heterocycles. The fraction of sp³-hybridized carbons (Fsp3) is 0.769. The highest BCUT2D eigenvalue weighted by Gasteiger charge is 2.16. The highest BCUT2D eigenvalue weighted by molar-refractivity contribution is 5.43. The first-order valence-corrected chi connectivity index (χ1v) is 7.48. The molecule has 0 bridgehead atoms. The summed E-state index contributed by atoms with van der Waals surface area (Å²) in [4.78, 5) is 15.1. The van der Waals surface area contributed by atoms with E-state index in [1.54, 1.807) is 0 Å². The van der Waals surface area contributed by atoms with Gasteiger partial charge in [0.1, 0.15) is 0 Å². The molecule has 2 rings (SSSR count). The van der Waals surface area contributed by atoms with Crippen molar-refractivity contribution in [2.75, 3.05) is 48.5 Å². The van der Waals surface area contributed by atoms with Crippen molar-refractivity contribution in [3.05, 3.63) is 0 Å². The van der Waals surface area contributed by atoms with Gasteiger partial charge in [0.05, 0.1) is 13.2 Å². The first kappa shape index (κ1) is 15.7. The lowest BCUT2D eigenvalue weighted by Gasteiger charge is -2.27. The van der Waals surface area contributed by atoms with Crippen LogP contribution in [-0.2, 0) is 4.74 Å². The molecule has 1 saturated heterocycles. The van der Waals surface area contributed by atoms with Crippen LogP contribution in [0.25, 0.3) is 0 Å². The number of ether oxygens (including phenoxy) is 1. The molecule has 21 heavy (non-hydrogen) atoms. The number of hydrogen-bond acceptors (Lipinski definition) is 8. The van der Waals surface area contributed by atoms with Crippen LogP contribution < -0.4 is 21.5 Å². The Hall–Kier alpha value is -1.67. The van der Waals surface area contributed by atoms with Crippen molar-refractivity contribution in [1.82, 2.24) is 15.0 Å². The Morgan fingerprint density at radius 1 is 1.19 bits per heavy atom. The number of hydrogen-bond donors (Lipinski definition) is 3. The van der Waals surface area contributed by atoms with Crippen LogP contribution in [0.4, 0.5) is 17.8 Å². The Bertz CT molecular complexity index is 435. The van der Waals surface area contributed by atoms with E-state index >= 15 is 0 Å². The fourth-order valence-corrected chi connectivity index (χ4v) is 2.12. The van der Waals surface area contributed by atoms with E-state index in [1.807, 2.05) is 0 Å². The van der Waals surface area contributed by atoms with E-state index < -0.39 is 0 Å². The van der Waals surface area contributed by atoms with E-state index in [4.69, 9.17) is 10.6 Å². The Morgan fingerprint density at radius 2 is 1.90 bits per heavy atom. The molecule has 8 nitrogen and oxygen atoms in total. The molecule has 4 N–H and O–H groups in total. The lowest BCUT2D eigenvalue weighted by atomic mass is 10.1. The lowest BCUT2D eigenvalue weighted by molar-refractivity contribution is 0.122. The first-order valence-electron chi connectivity index (χ1n) is 7.48. The number of nitrogens with one attached hydrogen (secondary N) is 2. The van der Waals surface area contributed by atoms with Crippen LogP contribution in [0.15, 0.2) is 0 Å². The second kappa shape index (κ2) is 7.94. The molecule has 0 atom stereocenters. The van der Waals surface area contributed by atoms with Crippen LogP contribution in [0.1, 0.15) is 26.7 Å². The summed E-state index contributed by atoms with van der Waals surface area (Å²) in [5, 5.41) is 3.24. The van der Waals surface area contributed by atoms with Crippen molar-refractivity contribution in [1.29, 1.82) is 0 Å². The van der Waals surface area contributed by atoms with Gasteiger partial charge in [-0.25, -0.2) is 5.84 Å². The highest BCUT2D eigenvalue weighted by Crippen LogP contribution is 2.14. The molecule has 1 aliphatic rings. The van der Waals surface area contributed by atoms with E-state index in [0.29, 0.717) is 37.0 Å². The number of aromatic nitrogens is 3. The Morgan fingerprint density at radius 3 is 2.57 bits per heavy atom. The molecule has 118 valence electrons. The van der Waals surface area contributed by atoms with E-state index in [0.717, 1.165) is 26.1 Å². The van der Waals surface area contributed by atoms with Gasteiger partial charge in [-0.3, -0.25) is 5.43 Å². The van der Waals surface area contributed by atoms with Crippen molar-refractivity contribution in [2.45, 2.75) is 26.7 Å². The minimum absolute atomic E-state index is 0.373. The van der Waals surface area contributed by atoms with Gasteiger partial charge in [-0.1, -0.05) is 13.8 Å². The Kier molecular flexibility index (Phi) is 5.94. The van der Waals surface area contributed by atoms with Gasteiger partial charge in [-0.2, -0.15) is 15.0 Å². The minimum atomic E-state index is 0.373. The summed E-state index contributed by atoms with van der Waals surface area (Å²) in [6, 6.07) is 0. The van der Waals surface area contributed by atoms with Crippen molar-refractivity contribution >= 4 is 17.8 Å². The summed E-state index contributed by atoms with van der Waals surface area (Å²) in [7, 11) is 0. The number of morpholine rings is 1. The van der Waals surface area contributed by atoms with Gasteiger partial charge >= 0.3 is 0 Å². The normalized spacial score (nSPS) is 15.3. The highest BCUT2D eigenvalue weighted by atomic mass is 16.5. The maximum absolute atomic E-state index is 5.44. The smallest absolute Gasteiger partial charge is 0.243 e. The number of nitrogens with two attached hydrogens (primary N) is 1. The Balaban J connectivity index is 1.99. The quantitative estimate of drug-likeness (QED) is 0.386. The largest absolute Gasteiger partial charge is 0.378 e. The molecule has 0 unspecified atom stereocenters. The molecule has 1 fully saturated rings. The minimum Gasteiger partial charge on any atom is -0.378 e. The molecule has 0 radical (unpaired) electrons. The molecule has 1 aliphatic heterocycles. The van der Waals surface area contributed by atoms with Crippen LogP contribution in [-0.4, -0.2) is 47.8 Å². The lowest BCUT2D eigenvalue weighted by Crippen LogP contribution is -2.37. The van der Waals surface area contributed by atoms with Gasteiger partial charge in [0.2, 0.25) is 17.8 Å². The molecular weight excluding hydrogens is 270 g/mol. The van der Waals surface area contributed by atoms with Gasteiger partial charge in [0.15, 0.2) is 0 Å². The topological polar surface area (TPSA) is 101 Å². The third-order valence-corrected chi connectivity index (χ3v) is 3.29. The van der Waals surface area contributed by atoms with Gasteiger partial charge in [-0.15, -0.1) is 0 Å². The fourth-order valence-electron chi connectivity index (χ4n) is 2.12. The van der Waals surface area contributed by atoms with Gasteiger partial charge < -0.3 is 15.0 Å². The number of rotatable bonds is 7. The van der Waals surface area contributed by atoms with Gasteiger partial charge in [0, 0.05) is 19.6 Å². The van der Waals surface area contributed by atoms with E-state index in [2.05, 4.69) is 44.4 Å². The van der Waals surface area contributed by atoms with Crippen LogP contribution in [0, 0.1) is 5.92 Å². The zero-order valence-electron chi connectivity index (χ0n) is 12.8. The monoisotopic (exact) mass is 295 g/mol. The summed E-state index contributed by atoms with van der Waals surface area (Å²) in [5.41, 5.74) is 2.50. The summed E-state index contributed by atoms with van der Waals surface area (Å²) >= 11 is 0. The number of hydrazine groups is 1. The molecule has 8 heteroatoms. The third-order valence-electron chi connectivity index (χ3n) is 3.29. The van der Waals surface area contributed by atoms with Crippen LogP contribution in [0.5, 0.6) is 0 Å². The summed E-state index contributed by atoms with van der Waals surface area (Å²) in [5.74, 6) is 7.71. The van der Waals surface area contributed by atoms with Gasteiger partial charge in [-0.05, 0) is 18.8 Å². The summed E-state index contributed by atoms with van der Waals surface area (Å²) in [6.07, 6.45) is 2.26. The summed E-state index contributed by atoms with van der Waals surface area (Å²) < 4.78 is 5.34. The maximum atomic E-state index is 5.44. The maximum Gasteiger partial charge on any atom is 0.243 e. The van der Waals surface area contributed by atoms with Crippen molar-refractivity contribution in [3.8, 4) is 0 Å². The van der Waals surface area contributed by atoms with Crippen molar-refractivity contribution in [3.63, 3.8) is 0 Å². The average Bonchev–Trinajstić information content (AvgIpc) is 2.52. The predicted octanol–water partition coefficient (Wildman–Crippen LogP) is 0.842. The second-order valence-corrected chi connectivity index (χ2v) is 5.49. The zero-order valence-corrected chi connectivity index (χ0v) is 12.8. The average molecular weight is 295 g/mol. The number of anilines is 3. The molecule has 0 spiro atoms. The standard InChI is InChI=1S/C13H25N7O/c1-10(2)4-3-5-15-11-16-12(19-14)18-13(17-11)20-6-8-21-9-7-20/h10H,3-9,14H2,1-2H3,(H2,15,16,17,18,19). The molecule has 0 amide bonds. The molecule has 1 aromatic rings. The Labute approximate surface area is 125 Å². The molecule has 0 saturated carbocycles. The number of nitrogen functional groups attached to an aromatic ring is 1. The molecular formula is C13H25N7O. The summed E-state index contributed by atoms with van der Waals surface area (Å²) in [6.45, 7) is 8.21. The zero-order chi connectivity index (χ0) is 15.1.